The highest BCUT2D eigenvalue weighted by molar-refractivity contribution is 6.02. The number of benzene rings is 1. The fourth-order valence-electron chi connectivity index (χ4n) is 2.21. The summed E-state index contributed by atoms with van der Waals surface area (Å²) in [5, 5.41) is 23.1. The number of aromatic hydroxyl groups is 1. The van der Waals surface area contributed by atoms with Crippen molar-refractivity contribution in [2.45, 2.75) is 26.3 Å². The topological polar surface area (TPSA) is 82.5 Å². The molecule has 0 unspecified atom stereocenters. The van der Waals surface area contributed by atoms with Gasteiger partial charge in [0.25, 0.3) is 5.91 Å². The molecule has 0 aliphatic heterocycles. The van der Waals surface area contributed by atoms with Crippen molar-refractivity contribution in [3.63, 3.8) is 0 Å². The summed E-state index contributed by atoms with van der Waals surface area (Å²) in [7, 11) is 0. The summed E-state index contributed by atoms with van der Waals surface area (Å²) in [4.78, 5) is 16.4. The third-order valence-corrected chi connectivity index (χ3v) is 3.84. The minimum absolute atomic E-state index is 0.132. The van der Waals surface area contributed by atoms with Crippen LogP contribution in [0.1, 0.15) is 30.6 Å². The first-order valence-electron chi connectivity index (χ1n) is 7.06. The number of carbonyl (C=O) groups is 1. The van der Waals surface area contributed by atoms with Gasteiger partial charge in [0.15, 0.2) is 5.75 Å². The Hall–Kier alpha value is -2.14. The van der Waals surface area contributed by atoms with Crippen molar-refractivity contribution in [3.8, 4) is 5.75 Å². The zero-order valence-corrected chi connectivity index (χ0v) is 12.2. The number of carbonyl (C=O) groups excluding carboxylic acids is 1. The van der Waals surface area contributed by atoms with E-state index >= 15 is 0 Å². The van der Waals surface area contributed by atoms with Crippen molar-refractivity contribution in [1.29, 1.82) is 0 Å². The molecule has 0 spiro atoms. The molecule has 1 aromatic heterocycles. The molecule has 0 saturated heterocycles. The molecule has 5 heteroatoms. The van der Waals surface area contributed by atoms with Crippen molar-refractivity contribution >= 4 is 16.8 Å². The second-order valence-corrected chi connectivity index (χ2v) is 5.18. The third-order valence-electron chi connectivity index (χ3n) is 3.84. The lowest BCUT2D eigenvalue weighted by atomic mass is 9.99. The quantitative estimate of drug-likeness (QED) is 0.786. The Labute approximate surface area is 123 Å². The normalized spacial score (nSPS) is 13.9. The van der Waals surface area contributed by atoms with Crippen LogP contribution in [-0.4, -0.2) is 33.8 Å². The highest BCUT2D eigenvalue weighted by Gasteiger charge is 2.21. The van der Waals surface area contributed by atoms with Crippen molar-refractivity contribution in [3.05, 3.63) is 36.0 Å². The number of aliphatic hydroxyl groups is 1. The van der Waals surface area contributed by atoms with Crippen LogP contribution in [0.3, 0.4) is 0 Å². The predicted molar refractivity (Wildman–Crippen MR) is 81.2 cm³/mol. The van der Waals surface area contributed by atoms with Crippen LogP contribution in [0.15, 0.2) is 30.5 Å². The van der Waals surface area contributed by atoms with Gasteiger partial charge >= 0.3 is 0 Å². The van der Waals surface area contributed by atoms with Gasteiger partial charge in [-0.15, -0.1) is 0 Å². The molecule has 2 atom stereocenters. The molecule has 2 aromatic rings. The lowest BCUT2D eigenvalue weighted by molar-refractivity contribution is 0.0889. The summed E-state index contributed by atoms with van der Waals surface area (Å²) >= 11 is 0. The van der Waals surface area contributed by atoms with Crippen LogP contribution >= 0.6 is 0 Å². The largest absolute Gasteiger partial charge is 0.505 e. The summed E-state index contributed by atoms with van der Waals surface area (Å²) in [6, 6.07) is 6.57. The van der Waals surface area contributed by atoms with Crippen LogP contribution in [0, 0.1) is 5.92 Å². The van der Waals surface area contributed by atoms with Crippen LogP contribution in [0.2, 0.25) is 0 Å². The standard InChI is InChI=1S/C16H20N2O3/c1-3-10(2)13(9-19)18-16(21)12-7-6-11-5-4-8-17-14(11)15(12)20/h4-8,10,13,19-20H,3,9H2,1-2H3,(H,18,21)/t10-,13+/m0/s1. The second kappa shape index (κ2) is 6.54. The van der Waals surface area contributed by atoms with E-state index in [0.29, 0.717) is 5.52 Å². The van der Waals surface area contributed by atoms with E-state index in [9.17, 15) is 15.0 Å². The van der Waals surface area contributed by atoms with E-state index < -0.39 is 5.91 Å². The van der Waals surface area contributed by atoms with Crippen molar-refractivity contribution in [1.82, 2.24) is 10.3 Å². The number of phenolic OH excluding ortho intramolecular Hbond substituents is 1. The zero-order chi connectivity index (χ0) is 15.4. The summed E-state index contributed by atoms with van der Waals surface area (Å²) in [6.45, 7) is 3.83. The third kappa shape index (κ3) is 3.13. The average Bonchev–Trinajstić information content (AvgIpc) is 2.52. The number of hydrogen-bond acceptors (Lipinski definition) is 4. The first kappa shape index (κ1) is 15.3. The van der Waals surface area contributed by atoms with Gasteiger partial charge in [-0.1, -0.05) is 32.4 Å². The summed E-state index contributed by atoms with van der Waals surface area (Å²) in [5.41, 5.74) is 0.567. The molecule has 21 heavy (non-hydrogen) atoms. The number of fused-ring (bicyclic) bond motifs is 1. The minimum atomic E-state index is -0.403. The van der Waals surface area contributed by atoms with Crippen LogP contribution in [0.5, 0.6) is 5.75 Å². The number of hydrogen-bond donors (Lipinski definition) is 3. The molecule has 2 rings (SSSR count). The van der Waals surface area contributed by atoms with Crippen molar-refractivity contribution in [2.75, 3.05) is 6.61 Å². The Kier molecular flexibility index (Phi) is 4.75. The maximum absolute atomic E-state index is 12.3. The molecule has 1 amide bonds. The molecule has 3 N–H and O–H groups in total. The fourth-order valence-corrected chi connectivity index (χ4v) is 2.21. The SMILES string of the molecule is CC[C@H](C)[C@@H](CO)NC(=O)c1ccc2cccnc2c1O. The van der Waals surface area contributed by atoms with Crippen molar-refractivity contribution < 1.29 is 15.0 Å². The molecule has 0 aliphatic carbocycles. The minimum Gasteiger partial charge on any atom is -0.505 e. The molecule has 5 nitrogen and oxygen atoms in total. The Morgan fingerprint density at radius 3 is 2.81 bits per heavy atom. The maximum atomic E-state index is 12.3. The zero-order valence-electron chi connectivity index (χ0n) is 12.2. The highest BCUT2D eigenvalue weighted by atomic mass is 16.3. The van der Waals surface area contributed by atoms with E-state index in [4.69, 9.17) is 0 Å². The Morgan fingerprint density at radius 2 is 2.14 bits per heavy atom. The van der Waals surface area contributed by atoms with Gasteiger partial charge < -0.3 is 15.5 Å². The van der Waals surface area contributed by atoms with Crippen LogP contribution in [0.25, 0.3) is 10.9 Å². The number of rotatable bonds is 5. The van der Waals surface area contributed by atoms with Gasteiger partial charge in [0.1, 0.15) is 5.52 Å². The molecular formula is C16H20N2O3. The molecule has 0 fully saturated rings. The highest BCUT2D eigenvalue weighted by Crippen LogP contribution is 2.26. The number of aliphatic hydroxyl groups excluding tert-OH is 1. The first-order valence-corrected chi connectivity index (χ1v) is 7.06. The number of pyridine rings is 1. The maximum Gasteiger partial charge on any atom is 0.255 e. The smallest absolute Gasteiger partial charge is 0.255 e. The van der Waals surface area contributed by atoms with E-state index in [1.165, 1.54) is 0 Å². The predicted octanol–water partition coefficient (Wildman–Crippen LogP) is 2.08. The van der Waals surface area contributed by atoms with E-state index in [0.717, 1.165) is 11.8 Å². The first-order chi connectivity index (χ1) is 10.1. The van der Waals surface area contributed by atoms with Gasteiger partial charge in [-0.3, -0.25) is 9.78 Å². The molecule has 112 valence electrons. The number of nitrogens with one attached hydrogen (secondary N) is 1. The van der Waals surface area contributed by atoms with Gasteiger partial charge in [-0.25, -0.2) is 0 Å². The van der Waals surface area contributed by atoms with E-state index in [1.54, 1.807) is 24.4 Å². The number of amides is 1. The van der Waals surface area contributed by atoms with Crippen molar-refractivity contribution in [2.24, 2.45) is 5.92 Å². The average molecular weight is 288 g/mol. The van der Waals surface area contributed by atoms with Crippen LogP contribution in [0.4, 0.5) is 0 Å². The second-order valence-electron chi connectivity index (χ2n) is 5.18. The Morgan fingerprint density at radius 1 is 1.38 bits per heavy atom. The molecule has 0 aliphatic rings. The molecule has 0 saturated carbocycles. The summed E-state index contributed by atoms with van der Waals surface area (Å²) < 4.78 is 0. The molecular weight excluding hydrogens is 268 g/mol. The summed E-state index contributed by atoms with van der Waals surface area (Å²) in [6.07, 6.45) is 2.41. The van der Waals surface area contributed by atoms with Gasteiger partial charge in [0.2, 0.25) is 0 Å². The van der Waals surface area contributed by atoms with E-state index in [1.807, 2.05) is 19.9 Å². The van der Waals surface area contributed by atoms with Gasteiger partial charge in [-0.05, 0) is 18.1 Å². The fraction of sp³-hybridized carbons (Fsp3) is 0.375. The van der Waals surface area contributed by atoms with Crippen LogP contribution in [-0.2, 0) is 0 Å². The monoisotopic (exact) mass is 288 g/mol. The molecule has 0 radical (unpaired) electrons. The van der Waals surface area contributed by atoms with Crippen LogP contribution < -0.4 is 5.32 Å². The molecule has 0 bridgehead atoms. The molecule has 1 aromatic carbocycles. The number of aromatic nitrogens is 1. The van der Waals surface area contributed by atoms with Gasteiger partial charge in [0, 0.05) is 11.6 Å². The number of phenols is 1. The van der Waals surface area contributed by atoms with E-state index in [-0.39, 0.29) is 29.9 Å². The van der Waals surface area contributed by atoms with E-state index in [2.05, 4.69) is 10.3 Å². The summed E-state index contributed by atoms with van der Waals surface area (Å²) in [5.74, 6) is -0.384. The lowest BCUT2D eigenvalue weighted by Gasteiger charge is -2.22. The van der Waals surface area contributed by atoms with Gasteiger partial charge in [0.05, 0.1) is 18.2 Å². The lowest BCUT2D eigenvalue weighted by Crippen LogP contribution is -2.41. The Balaban J connectivity index is 2.29. The number of nitrogens with zero attached hydrogens (tertiary/aromatic N) is 1. The molecule has 1 heterocycles. The van der Waals surface area contributed by atoms with Gasteiger partial charge in [-0.2, -0.15) is 0 Å². The Bertz CT molecular complexity index is 642.